The Balaban J connectivity index is 1.42. The lowest BCUT2D eigenvalue weighted by Gasteiger charge is -2.35. The van der Waals surface area contributed by atoms with Crippen LogP contribution in [0.4, 0.5) is 0 Å². The summed E-state index contributed by atoms with van der Waals surface area (Å²) < 4.78 is 5.22. The van der Waals surface area contributed by atoms with Gasteiger partial charge in [0, 0.05) is 31.6 Å². The Kier molecular flexibility index (Phi) is 5.86. The van der Waals surface area contributed by atoms with Gasteiger partial charge in [-0.2, -0.15) is 0 Å². The maximum Gasteiger partial charge on any atom is 0.254 e. The number of piperazine rings is 1. The smallest absolute Gasteiger partial charge is 0.254 e. The highest BCUT2D eigenvalue weighted by atomic mass is 35.5. The first kappa shape index (κ1) is 20.2. The fraction of sp³-hybridized carbons (Fsp3) is 0.261. The molecule has 0 saturated carbocycles. The molecule has 0 aliphatic carbocycles. The minimum absolute atomic E-state index is 0.0488. The van der Waals surface area contributed by atoms with Crippen LogP contribution < -0.4 is 4.74 Å². The molecule has 1 saturated heterocycles. The Bertz CT molecular complexity index is 1090. The number of pyridine rings is 1. The molecule has 1 aliphatic heterocycles. The summed E-state index contributed by atoms with van der Waals surface area (Å²) in [6.45, 7) is 1.98. The minimum Gasteiger partial charge on any atom is -0.497 e. The monoisotopic (exact) mass is 423 g/mol. The summed E-state index contributed by atoms with van der Waals surface area (Å²) in [5.74, 6) is 0.696. The number of nitrogens with zero attached hydrogens (tertiary/aromatic N) is 3. The molecule has 7 heteroatoms. The Morgan fingerprint density at radius 1 is 1.00 bits per heavy atom. The zero-order chi connectivity index (χ0) is 21.1. The highest BCUT2D eigenvalue weighted by molar-refractivity contribution is 6.30. The SMILES string of the molecule is COc1cccc(CC(=O)N2CCN(C(=O)c3cc(Cl)nc4ccccc34)CC2)c1. The highest BCUT2D eigenvalue weighted by Crippen LogP contribution is 2.23. The molecular weight excluding hydrogens is 402 g/mol. The highest BCUT2D eigenvalue weighted by Gasteiger charge is 2.26. The maximum atomic E-state index is 13.1. The van der Waals surface area contributed by atoms with Crippen LogP contribution in [0.1, 0.15) is 15.9 Å². The van der Waals surface area contributed by atoms with E-state index in [1.807, 2.05) is 48.5 Å². The van der Waals surface area contributed by atoms with Crippen LogP contribution in [0, 0.1) is 0 Å². The summed E-state index contributed by atoms with van der Waals surface area (Å²) >= 11 is 6.13. The van der Waals surface area contributed by atoms with E-state index in [1.165, 1.54) is 0 Å². The molecule has 6 nitrogen and oxygen atoms in total. The second kappa shape index (κ2) is 8.71. The van der Waals surface area contributed by atoms with Gasteiger partial charge in [0.1, 0.15) is 10.9 Å². The van der Waals surface area contributed by atoms with Gasteiger partial charge >= 0.3 is 0 Å². The molecule has 2 heterocycles. The number of rotatable bonds is 4. The van der Waals surface area contributed by atoms with E-state index in [0.29, 0.717) is 48.8 Å². The van der Waals surface area contributed by atoms with Gasteiger partial charge in [-0.15, -0.1) is 0 Å². The van der Waals surface area contributed by atoms with Gasteiger partial charge in [0.2, 0.25) is 5.91 Å². The third-order valence-corrected chi connectivity index (χ3v) is 5.52. The number of carbonyl (C=O) groups excluding carboxylic acids is 2. The fourth-order valence-electron chi connectivity index (χ4n) is 3.72. The van der Waals surface area contributed by atoms with Crippen molar-refractivity contribution in [2.24, 2.45) is 0 Å². The van der Waals surface area contributed by atoms with Gasteiger partial charge in [-0.3, -0.25) is 9.59 Å². The number of aromatic nitrogens is 1. The maximum absolute atomic E-state index is 13.1. The van der Waals surface area contributed by atoms with Gasteiger partial charge in [-0.05, 0) is 29.8 Å². The van der Waals surface area contributed by atoms with Crippen molar-refractivity contribution < 1.29 is 14.3 Å². The minimum atomic E-state index is -0.0876. The average Bonchev–Trinajstić information content (AvgIpc) is 2.78. The normalized spacial score (nSPS) is 14.1. The lowest BCUT2D eigenvalue weighted by atomic mass is 10.1. The molecular formula is C23H22ClN3O3. The Labute approximate surface area is 180 Å². The third kappa shape index (κ3) is 4.24. The van der Waals surface area contributed by atoms with Crippen molar-refractivity contribution in [3.8, 4) is 5.75 Å². The van der Waals surface area contributed by atoms with Crippen LogP contribution in [0.15, 0.2) is 54.6 Å². The van der Waals surface area contributed by atoms with E-state index in [4.69, 9.17) is 16.3 Å². The number of methoxy groups -OCH3 is 1. The van der Waals surface area contributed by atoms with E-state index in [1.54, 1.807) is 23.0 Å². The molecule has 2 aromatic carbocycles. The summed E-state index contributed by atoms with van der Waals surface area (Å²) in [6.07, 6.45) is 0.315. The fourth-order valence-corrected chi connectivity index (χ4v) is 3.92. The summed E-state index contributed by atoms with van der Waals surface area (Å²) in [7, 11) is 1.61. The van der Waals surface area contributed by atoms with E-state index in [-0.39, 0.29) is 11.8 Å². The number of halogens is 1. The molecule has 154 valence electrons. The first-order chi connectivity index (χ1) is 14.5. The van der Waals surface area contributed by atoms with Crippen LogP contribution >= 0.6 is 11.6 Å². The lowest BCUT2D eigenvalue weighted by Crippen LogP contribution is -2.51. The van der Waals surface area contributed by atoms with Gasteiger partial charge in [0.05, 0.1) is 24.6 Å². The zero-order valence-corrected chi connectivity index (χ0v) is 17.4. The van der Waals surface area contributed by atoms with Crippen molar-refractivity contribution in [1.82, 2.24) is 14.8 Å². The lowest BCUT2D eigenvalue weighted by molar-refractivity contribution is -0.131. The molecule has 30 heavy (non-hydrogen) atoms. The van der Waals surface area contributed by atoms with Gasteiger partial charge in [0.15, 0.2) is 0 Å². The van der Waals surface area contributed by atoms with Crippen LogP contribution in [-0.4, -0.2) is 59.9 Å². The largest absolute Gasteiger partial charge is 0.497 e. The van der Waals surface area contributed by atoms with Crippen molar-refractivity contribution >= 4 is 34.3 Å². The second-order valence-corrected chi connectivity index (χ2v) is 7.60. The number of benzene rings is 2. The summed E-state index contributed by atoms with van der Waals surface area (Å²) in [4.78, 5) is 33.7. The topological polar surface area (TPSA) is 62.7 Å². The Morgan fingerprint density at radius 2 is 1.73 bits per heavy atom. The van der Waals surface area contributed by atoms with E-state index in [2.05, 4.69) is 4.98 Å². The molecule has 0 N–H and O–H groups in total. The molecule has 0 bridgehead atoms. The van der Waals surface area contributed by atoms with Gasteiger partial charge in [0.25, 0.3) is 5.91 Å². The number of para-hydroxylation sites is 1. The van der Waals surface area contributed by atoms with Crippen LogP contribution in [0.3, 0.4) is 0 Å². The summed E-state index contributed by atoms with van der Waals surface area (Å²) in [5.41, 5.74) is 2.15. The molecule has 1 aromatic heterocycles. The number of hydrogen-bond acceptors (Lipinski definition) is 4. The molecule has 1 fully saturated rings. The molecule has 0 unspecified atom stereocenters. The van der Waals surface area contributed by atoms with E-state index < -0.39 is 0 Å². The Hall–Kier alpha value is -3.12. The van der Waals surface area contributed by atoms with Crippen LogP contribution in [-0.2, 0) is 11.2 Å². The van der Waals surface area contributed by atoms with Crippen molar-refractivity contribution in [2.75, 3.05) is 33.3 Å². The molecule has 1 aliphatic rings. The van der Waals surface area contributed by atoms with Gasteiger partial charge < -0.3 is 14.5 Å². The van der Waals surface area contributed by atoms with Crippen LogP contribution in [0.25, 0.3) is 10.9 Å². The predicted octanol–water partition coefficient (Wildman–Crippen LogP) is 3.42. The van der Waals surface area contributed by atoms with Crippen molar-refractivity contribution in [3.63, 3.8) is 0 Å². The number of amides is 2. The van der Waals surface area contributed by atoms with Crippen molar-refractivity contribution in [3.05, 3.63) is 70.9 Å². The zero-order valence-electron chi connectivity index (χ0n) is 16.7. The number of fused-ring (bicyclic) bond motifs is 1. The molecule has 4 rings (SSSR count). The van der Waals surface area contributed by atoms with E-state index in [0.717, 1.165) is 16.7 Å². The van der Waals surface area contributed by atoms with Crippen molar-refractivity contribution in [2.45, 2.75) is 6.42 Å². The quantitative estimate of drug-likeness (QED) is 0.603. The van der Waals surface area contributed by atoms with Gasteiger partial charge in [-0.25, -0.2) is 4.98 Å². The number of carbonyl (C=O) groups is 2. The van der Waals surface area contributed by atoms with Crippen LogP contribution in [0.2, 0.25) is 5.15 Å². The number of ether oxygens (including phenoxy) is 1. The standard InChI is InChI=1S/C23H22ClN3O3/c1-30-17-6-4-5-16(13-17)14-22(28)26-9-11-27(12-10-26)23(29)19-15-21(24)25-20-8-3-2-7-18(19)20/h2-8,13,15H,9-12,14H2,1H3. The number of hydrogen-bond donors (Lipinski definition) is 0. The van der Waals surface area contributed by atoms with Crippen LogP contribution in [0.5, 0.6) is 5.75 Å². The molecule has 0 spiro atoms. The molecule has 2 amide bonds. The van der Waals surface area contributed by atoms with E-state index in [9.17, 15) is 9.59 Å². The van der Waals surface area contributed by atoms with Crippen molar-refractivity contribution in [1.29, 1.82) is 0 Å². The Morgan fingerprint density at radius 3 is 2.50 bits per heavy atom. The summed E-state index contributed by atoms with van der Waals surface area (Å²) in [6, 6.07) is 16.6. The molecule has 0 radical (unpaired) electrons. The molecule has 3 aromatic rings. The first-order valence-electron chi connectivity index (χ1n) is 9.80. The summed E-state index contributed by atoms with van der Waals surface area (Å²) in [5, 5.41) is 1.08. The van der Waals surface area contributed by atoms with E-state index >= 15 is 0 Å². The predicted molar refractivity (Wildman–Crippen MR) is 116 cm³/mol. The average molecular weight is 424 g/mol. The third-order valence-electron chi connectivity index (χ3n) is 5.32. The molecule has 0 atom stereocenters. The van der Waals surface area contributed by atoms with Gasteiger partial charge in [-0.1, -0.05) is 41.9 Å². The first-order valence-corrected chi connectivity index (χ1v) is 10.2. The second-order valence-electron chi connectivity index (χ2n) is 7.21.